The molecule has 2 aromatic rings. The van der Waals surface area contributed by atoms with Gasteiger partial charge in [0, 0.05) is 38.1 Å². The van der Waals surface area contributed by atoms with Crippen LogP contribution in [0.2, 0.25) is 0 Å². The van der Waals surface area contributed by atoms with E-state index in [1.807, 2.05) is 28.8 Å². The van der Waals surface area contributed by atoms with E-state index in [2.05, 4.69) is 29.0 Å². The number of carbonyl (C=O) groups excluding carboxylic acids is 1. The summed E-state index contributed by atoms with van der Waals surface area (Å²) in [6.07, 6.45) is 2.25. The maximum absolute atomic E-state index is 12.3. The molecule has 1 aliphatic rings. The number of hydrogen-bond acceptors (Lipinski definition) is 4. The molecule has 1 amide bonds. The minimum Gasteiger partial charge on any atom is -0.379 e. The molecule has 0 saturated carbocycles. The molecule has 6 nitrogen and oxygen atoms in total. The number of fused-ring (bicyclic) bond motifs is 1. The molecule has 0 bridgehead atoms. The average molecular weight is 330 g/mol. The van der Waals surface area contributed by atoms with Crippen LogP contribution in [0.1, 0.15) is 20.3 Å². The van der Waals surface area contributed by atoms with E-state index >= 15 is 0 Å². The molecule has 1 saturated heterocycles. The highest BCUT2D eigenvalue weighted by atomic mass is 16.5. The molecule has 1 aromatic heterocycles. The maximum atomic E-state index is 12.3. The summed E-state index contributed by atoms with van der Waals surface area (Å²) in [4.78, 5) is 19.0. The predicted octanol–water partition coefficient (Wildman–Crippen LogP) is 1.65. The monoisotopic (exact) mass is 330 g/mol. The Hall–Kier alpha value is -1.92. The van der Waals surface area contributed by atoms with Gasteiger partial charge in [0.25, 0.3) is 0 Å². The molecule has 1 N–H and O–H groups in total. The largest absolute Gasteiger partial charge is 0.379 e. The van der Waals surface area contributed by atoms with Crippen molar-refractivity contribution in [1.29, 1.82) is 0 Å². The van der Waals surface area contributed by atoms with Crippen molar-refractivity contribution in [3.05, 3.63) is 30.6 Å². The van der Waals surface area contributed by atoms with E-state index in [0.29, 0.717) is 13.0 Å². The van der Waals surface area contributed by atoms with E-state index in [-0.39, 0.29) is 11.4 Å². The Morgan fingerprint density at radius 2 is 2.04 bits per heavy atom. The number of amides is 1. The van der Waals surface area contributed by atoms with Crippen LogP contribution in [0, 0.1) is 0 Å². The first kappa shape index (κ1) is 16.9. The van der Waals surface area contributed by atoms with E-state index < -0.39 is 0 Å². The van der Waals surface area contributed by atoms with E-state index in [0.717, 1.165) is 43.9 Å². The van der Waals surface area contributed by atoms with Crippen LogP contribution in [0.25, 0.3) is 11.0 Å². The zero-order valence-corrected chi connectivity index (χ0v) is 14.5. The van der Waals surface area contributed by atoms with Gasteiger partial charge >= 0.3 is 0 Å². The van der Waals surface area contributed by atoms with Crippen molar-refractivity contribution < 1.29 is 9.53 Å². The lowest BCUT2D eigenvalue weighted by molar-refractivity contribution is -0.123. The Kier molecular flexibility index (Phi) is 5.16. The SMILES string of the molecule is CC(C)(CN1CCOCC1)NC(=O)CCn1cnc2ccccc21. The summed E-state index contributed by atoms with van der Waals surface area (Å²) in [7, 11) is 0. The Bertz CT molecular complexity index is 689. The number of benzene rings is 1. The molecule has 0 unspecified atom stereocenters. The minimum absolute atomic E-state index is 0.0750. The fourth-order valence-electron chi connectivity index (χ4n) is 3.21. The van der Waals surface area contributed by atoms with E-state index in [1.54, 1.807) is 6.33 Å². The van der Waals surface area contributed by atoms with Gasteiger partial charge in [0.15, 0.2) is 0 Å². The van der Waals surface area contributed by atoms with Crippen LogP contribution in [0.15, 0.2) is 30.6 Å². The number of hydrogen-bond donors (Lipinski definition) is 1. The van der Waals surface area contributed by atoms with Gasteiger partial charge in [-0.2, -0.15) is 0 Å². The lowest BCUT2D eigenvalue weighted by Crippen LogP contribution is -2.53. The van der Waals surface area contributed by atoms with Crippen molar-refractivity contribution in [2.75, 3.05) is 32.8 Å². The van der Waals surface area contributed by atoms with Gasteiger partial charge in [-0.15, -0.1) is 0 Å². The molecule has 2 heterocycles. The number of carbonyl (C=O) groups is 1. The molecule has 0 atom stereocenters. The molecular weight excluding hydrogens is 304 g/mol. The zero-order chi connectivity index (χ0) is 17.0. The summed E-state index contributed by atoms with van der Waals surface area (Å²) in [6.45, 7) is 9.05. The third-order valence-electron chi connectivity index (χ3n) is 4.31. The van der Waals surface area contributed by atoms with E-state index in [4.69, 9.17) is 4.74 Å². The highest BCUT2D eigenvalue weighted by molar-refractivity contribution is 5.78. The Balaban J connectivity index is 1.51. The van der Waals surface area contributed by atoms with Gasteiger partial charge in [0.2, 0.25) is 5.91 Å². The Morgan fingerprint density at radius 1 is 1.29 bits per heavy atom. The van der Waals surface area contributed by atoms with Crippen LogP contribution in [0.5, 0.6) is 0 Å². The molecule has 0 radical (unpaired) electrons. The molecular formula is C18H26N4O2. The third-order valence-corrected chi connectivity index (χ3v) is 4.31. The Morgan fingerprint density at radius 3 is 2.83 bits per heavy atom. The topological polar surface area (TPSA) is 59.4 Å². The van der Waals surface area contributed by atoms with Gasteiger partial charge in [-0.05, 0) is 26.0 Å². The molecule has 0 aliphatic carbocycles. The first-order valence-electron chi connectivity index (χ1n) is 8.54. The number of nitrogens with one attached hydrogen (secondary N) is 1. The summed E-state index contributed by atoms with van der Waals surface area (Å²) in [5.41, 5.74) is 1.79. The smallest absolute Gasteiger partial charge is 0.222 e. The first-order chi connectivity index (χ1) is 11.5. The number of aryl methyl sites for hydroxylation is 1. The number of imidazole rings is 1. The number of morpholine rings is 1. The summed E-state index contributed by atoms with van der Waals surface area (Å²) in [5.74, 6) is 0.0750. The molecule has 1 fully saturated rings. The molecule has 6 heteroatoms. The third kappa shape index (κ3) is 4.33. The second kappa shape index (κ2) is 7.32. The predicted molar refractivity (Wildman–Crippen MR) is 93.8 cm³/mol. The maximum Gasteiger partial charge on any atom is 0.222 e. The summed E-state index contributed by atoms with van der Waals surface area (Å²) in [5, 5.41) is 3.16. The molecule has 24 heavy (non-hydrogen) atoms. The van der Waals surface area contributed by atoms with Gasteiger partial charge in [-0.1, -0.05) is 12.1 Å². The molecule has 1 aliphatic heterocycles. The van der Waals surface area contributed by atoms with E-state index in [1.165, 1.54) is 0 Å². The van der Waals surface area contributed by atoms with Gasteiger partial charge < -0.3 is 14.6 Å². The molecule has 1 aromatic carbocycles. The van der Waals surface area contributed by atoms with Gasteiger partial charge in [0.1, 0.15) is 0 Å². The van der Waals surface area contributed by atoms with Crippen LogP contribution >= 0.6 is 0 Å². The molecule has 3 rings (SSSR count). The normalized spacial score (nSPS) is 16.4. The van der Waals surface area contributed by atoms with Crippen molar-refractivity contribution in [1.82, 2.24) is 19.8 Å². The number of nitrogens with zero attached hydrogens (tertiary/aromatic N) is 3. The lowest BCUT2D eigenvalue weighted by atomic mass is 10.0. The number of rotatable bonds is 6. The summed E-state index contributed by atoms with van der Waals surface area (Å²) >= 11 is 0. The van der Waals surface area contributed by atoms with Crippen molar-refractivity contribution >= 4 is 16.9 Å². The van der Waals surface area contributed by atoms with Crippen LogP contribution < -0.4 is 5.32 Å². The van der Waals surface area contributed by atoms with Crippen LogP contribution in [-0.2, 0) is 16.1 Å². The minimum atomic E-state index is -0.245. The highest BCUT2D eigenvalue weighted by Gasteiger charge is 2.24. The van der Waals surface area contributed by atoms with Crippen molar-refractivity contribution in [2.24, 2.45) is 0 Å². The standard InChI is InChI=1S/C18H26N4O2/c1-18(2,13-21-9-11-24-12-10-21)20-17(23)7-8-22-14-19-15-5-3-4-6-16(15)22/h3-6,14H,7-13H2,1-2H3,(H,20,23). The molecule has 130 valence electrons. The van der Waals surface area contributed by atoms with Gasteiger partial charge in [-0.25, -0.2) is 4.98 Å². The number of para-hydroxylation sites is 2. The quantitative estimate of drug-likeness (QED) is 0.875. The lowest BCUT2D eigenvalue weighted by Gasteiger charge is -2.35. The second-order valence-electron chi connectivity index (χ2n) is 7.00. The summed E-state index contributed by atoms with van der Waals surface area (Å²) < 4.78 is 7.40. The molecule has 0 spiro atoms. The van der Waals surface area contributed by atoms with Crippen LogP contribution in [-0.4, -0.2) is 58.7 Å². The first-order valence-corrected chi connectivity index (χ1v) is 8.54. The van der Waals surface area contributed by atoms with Crippen LogP contribution in [0.4, 0.5) is 0 Å². The number of ether oxygens (including phenoxy) is 1. The highest BCUT2D eigenvalue weighted by Crippen LogP contribution is 2.13. The van der Waals surface area contributed by atoms with Gasteiger partial charge in [0.05, 0.1) is 30.6 Å². The van der Waals surface area contributed by atoms with Crippen LogP contribution in [0.3, 0.4) is 0 Å². The fraction of sp³-hybridized carbons (Fsp3) is 0.556. The zero-order valence-electron chi connectivity index (χ0n) is 14.5. The van der Waals surface area contributed by atoms with Crippen molar-refractivity contribution in [2.45, 2.75) is 32.4 Å². The Labute approximate surface area is 142 Å². The second-order valence-corrected chi connectivity index (χ2v) is 7.00. The van der Waals surface area contributed by atoms with Crippen molar-refractivity contribution in [3.63, 3.8) is 0 Å². The van der Waals surface area contributed by atoms with Crippen molar-refractivity contribution in [3.8, 4) is 0 Å². The summed E-state index contributed by atoms with van der Waals surface area (Å²) in [6, 6.07) is 7.98. The van der Waals surface area contributed by atoms with E-state index in [9.17, 15) is 4.79 Å². The number of aromatic nitrogens is 2. The average Bonchev–Trinajstić information content (AvgIpc) is 2.96. The van der Waals surface area contributed by atoms with Gasteiger partial charge in [-0.3, -0.25) is 9.69 Å². The fourth-order valence-corrected chi connectivity index (χ4v) is 3.21.